The van der Waals surface area contributed by atoms with Gasteiger partial charge >= 0.3 is 5.97 Å². The van der Waals surface area contributed by atoms with Gasteiger partial charge in [0.05, 0.1) is 6.61 Å². The largest absolute Gasteiger partial charge is 0.465 e. The first kappa shape index (κ1) is 26.3. The molecule has 0 saturated carbocycles. The van der Waals surface area contributed by atoms with E-state index < -0.39 is 20.2 Å². The van der Waals surface area contributed by atoms with E-state index in [2.05, 4.69) is 56.5 Å². The molecule has 0 N–H and O–H groups in total. The van der Waals surface area contributed by atoms with E-state index in [9.17, 15) is 9.59 Å². The smallest absolute Gasteiger partial charge is 0.316 e. The zero-order valence-electron chi connectivity index (χ0n) is 19.0. The van der Waals surface area contributed by atoms with Crippen LogP contribution in [0.1, 0.15) is 53.0 Å². The van der Waals surface area contributed by atoms with Crippen molar-refractivity contribution in [2.24, 2.45) is 11.8 Å². The maximum atomic E-state index is 12.9. The standard InChI is InChI=1S/C23H37IO4Si/c1-17(2)16-27-22(26)20(14-15-28-29(6,7)23(3,4)5)21(25)13-10-18-8-11-19(24)12-9-18/h8-9,11-12,17,20H,10,13-16H2,1-7H3. The molecule has 4 nitrogen and oxygen atoms in total. The molecule has 1 aromatic rings. The van der Waals surface area contributed by atoms with Crippen molar-refractivity contribution >= 4 is 42.7 Å². The number of benzene rings is 1. The zero-order chi connectivity index (χ0) is 22.2. The second-order valence-corrected chi connectivity index (χ2v) is 15.6. The van der Waals surface area contributed by atoms with Gasteiger partial charge in [0.1, 0.15) is 11.7 Å². The minimum Gasteiger partial charge on any atom is -0.465 e. The molecule has 0 heterocycles. The fourth-order valence-electron chi connectivity index (χ4n) is 2.50. The predicted molar refractivity (Wildman–Crippen MR) is 130 cm³/mol. The molecule has 1 rings (SSSR count). The number of hydrogen-bond acceptors (Lipinski definition) is 4. The molecule has 0 aliphatic rings. The Bertz CT molecular complexity index is 662. The second-order valence-electron chi connectivity index (χ2n) is 9.57. The zero-order valence-corrected chi connectivity index (χ0v) is 22.2. The summed E-state index contributed by atoms with van der Waals surface area (Å²) in [6.45, 7) is 15.6. The topological polar surface area (TPSA) is 52.6 Å². The average Bonchev–Trinajstić information content (AvgIpc) is 2.61. The van der Waals surface area contributed by atoms with Crippen LogP contribution in [-0.2, 0) is 25.2 Å². The van der Waals surface area contributed by atoms with Crippen LogP contribution in [0.4, 0.5) is 0 Å². The highest BCUT2D eigenvalue weighted by Gasteiger charge is 2.37. The summed E-state index contributed by atoms with van der Waals surface area (Å²) >= 11 is 2.26. The third-order valence-electron chi connectivity index (χ3n) is 5.48. The predicted octanol–water partition coefficient (Wildman–Crippen LogP) is 6.02. The van der Waals surface area contributed by atoms with E-state index in [0.29, 0.717) is 32.5 Å². The van der Waals surface area contributed by atoms with E-state index >= 15 is 0 Å². The number of hydrogen-bond donors (Lipinski definition) is 0. The molecule has 0 fully saturated rings. The van der Waals surface area contributed by atoms with Crippen LogP contribution in [0, 0.1) is 15.4 Å². The summed E-state index contributed by atoms with van der Waals surface area (Å²) in [5.41, 5.74) is 1.10. The molecule has 0 spiro atoms. The summed E-state index contributed by atoms with van der Waals surface area (Å²) in [5.74, 6) is -0.978. The lowest BCUT2D eigenvalue weighted by molar-refractivity contribution is -0.153. The molecule has 0 bridgehead atoms. The fourth-order valence-corrected chi connectivity index (χ4v) is 3.92. The normalized spacial score (nSPS) is 13.4. The molecule has 1 unspecified atom stereocenters. The summed E-state index contributed by atoms with van der Waals surface area (Å²) in [6, 6.07) is 8.12. The van der Waals surface area contributed by atoms with Crippen LogP contribution >= 0.6 is 22.6 Å². The molecule has 0 aliphatic carbocycles. The van der Waals surface area contributed by atoms with E-state index in [1.54, 1.807) is 0 Å². The molecule has 164 valence electrons. The number of ether oxygens (including phenoxy) is 1. The van der Waals surface area contributed by atoms with Crippen LogP contribution in [0.5, 0.6) is 0 Å². The third kappa shape index (κ3) is 9.30. The Labute approximate surface area is 191 Å². The molecular formula is C23H37IO4Si. The minimum atomic E-state index is -1.92. The number of ketones is 1. The van der Waals surface area contributed by atoms with Gasteiger partial charge in [0.2, 0.25) is 0 Å². The summed E-state index contributed by atoms with van der Waals surface area (Å²) in [6.07, 6.45) is 1.35. The van der Waals surface area contributed by atoms with Crippen molar-refractivity contribution in [1.29, 1.82) is 0 Å². The third-order valence-corrected chi connectivity index (χ3v) is 10.7. The summed E-state index contributed by atoms with van der Waals surface area (Å²) in [4.78, 5) is 25.5. The Morgan fingerprint density at radius 1 is 1.10 bits per heavy atom. The van der Waals surface area contributed by atoms with Crippen LogP contribution in [0.3, 0.4) is 0 Å². The van der Waals surface area contributed by atoms with Gasteiger partial charge in [-0.3, -0.25) is 9.59 Å². The Morgan fingerprint density at radius 2 is 1.69 bits per heavy atom. The number of esters is 1. The summed E-state index contributed by atoms with van der Waals surface area (Å²) in [7, 11) is -1.92. The molecule has 0 aromatic heterocycles. The Balaban J connectivity index is 2.74. The first-order chi connectivity index (χ1) is 13.3. The van der Waals surface area contributed by atoms with Crippen LogP contribution in [-0.4, -0.2) is 33.3 Å². The maximum Gasteiger partial charge on any atom is 0.316 e. The minimum absolute atomic E-state index is 0.0591. The van der Waals surface area contributed by atoms with Gasteiger partial charge in [0.25, 0.3) is 0 Å². The van der Waals surface area contributed by atoms with Crippen molar-refractivity contribution in [1.82, 2.24) is 0 Å². The highest BCUT2D eigenvalue weighted by Crippen LogP contribution is 2.36. The molecule has 0 amide bonds. The van der Waals surface area contributed by atoms with Crippen LogP contribution in [0.25, 0.3) is 0 Å². The number of Topliss-reactive ketones (excluding diaryl/α,β-unsaturated/α-hetero) is 1. The van der Waals surface area contributed by atoms with Crippen LogP contribution < -0.4 is 0 Å². The van der Waals surface area contributed by atoms with E-state index in [1.165, 1.54) is 0 Å². The molecule has 29 heavy (non-hydrogen) atoms. The highest BCUT2D eigenvalue weighted by molar-refractivity contribution is 14.1. The number of halogens is 1. The first-order valence-electron chi connectivity index (χ1n) is 10.4. The quantitative estimate of drug-likeness (QED) is 0.151. The molecule has 1 aromatic carbocycles. The van der Waals surface area contributed by atoms with E-state index in [4.69, 9.17) is 9.16 Å². The molecule has 6 heteroatoms. The van der Waals surface area contributed by atoms with Gasteiger partial charge in [-0.1, -0.05) is 46.8 Å². The van der Waals surface area contributed by atoms with Crippen molar-refractivity contribution in [2.75, 3.05) is 13.2 Å². The second kappa shape index (κ2) is 11.6. The summed E-state index contributed by atoms with van der Waals surface area (Å²) < 4.78 is 12.8. The maximum absolute atomic E-state index is 12.9. The van der Waals surface area contributed by atoms with Crippen molar-refractivity contribution in [3.63, 3.8) is 0 Å². The van der Waals surface area contributed by atoms with Crippen molar-refractivity contribution < 1.29 is 18.8 Å². The number of carbonyl (C=O) groups is 2. The van der Waals surface area contributed by atoms with Crippen LogP contribution in [0.15, 0.2) is 24.3 Å². The van der Waals surface area contributed by atoms with E-state index in [1.807, 2.05) is 38.1 Å². The Kier molecular flexibility index (Phi) is 10.5. The Morgan fingerprint density at radius 3 is 2.21 bits per heavy atom. The molecule has 0 radical (unpaired) electrons. The summed E-state index contributed by atoms with van der Waals surface area (Å²) in [5, 5.41) is 0.0927. The first-order valence-corrected chi connectivity index (χ1v) is 14.4. The number of carbonyl (C=O) groups excluding carboxylic acids is 2. The highest BCUT2D eigenvalue weighted by atomic mass is 127. The van der Waals surface area contributed by atoms with Gasteiger partial charge in [-0.05, 0) is 77.2 Å². The lowest BCUT2D eigenvalue weighted by Crippen LogP contribution is -2.41. The molecular weight excluding hydrogens is 495 g/mol. The van der Waals surface area contributed by atoms with Gasteiger partial charge in [-0.15, -0.1) is 0 Å². The lowest BCUT2D eigenvalue weighted by atomic mass is 9.95. The fraction of sp³-hybridized carbons (Fsp3) is 0.652. The molecule has 1 atom stereocenters. The Hall–Kier alpha value is -0.733. The van der Waals surface area contributed by atoms with Gasteiger partial charge in [-0.25, -0.2) is 0 Å². The number of aryl methyl sites for hydroxylation is 1. The van der Waals surface area contributed by atoms with Gasteiger partial charge < -0.3 is 9.16 Å². The SMILES string of the molecule is CC(C)COC(=O)C(CCO[Si](C)(C)C(C)(C)C)C(=O)CCc1ccc(I)cc1. The van der Waals surface area contributed by atoms with Gasteiger partial charge in [-0.2, -0.15) is 0 Å². The number of rotatable bonds is 11. The van der Waals surface area contributed by atoms with E-state index in [-0.39, 0.29) is 16.7 Å². The van der Waals surface area contributed by atoms with Gasteiger partial charge in [0, 0.05) is 16.6 Å². The van der Waals surface area contributed by atoms with Gasteiger partial charge in [0.15, 0.2) is 8.32 Å². The molecule has 0 aliphatic heterocycles. The average molecular weight is 533 g/mol. The van der Waals surface area contributed by atoms with E-state index in [0.717, 1.165) is 9.13 Å². The lowest BCUT2D eigenvalue weighted by Gasteiger charge is -2.36. The monoisotopic (exact) mass is 532 g/mol. The van der Waals surface area contributed by atoms with Crippen LogP contribution in [0.2, 0.25) is 18.1 Å². The van der Waals surface area contributed by atoms with Crippen molar-refractivity contribution in [3.05, 3.63) is 33.4 Å². The molecule has 0 saturated heterocycles. The van der Waals surface area contributed by atoms with Crippen molar-refractivity contribution in [2.45, 2.75) is 72.0 Å². The van der Waals surface area contributed by atoms with Crippen molar-refractivity contribution in [3.8, 4) is 0 Å².